The van der Waals surface area contributed by atoms with Crippen LogP contribution < -0.4 is 5.32 Å². The summed E-state index contributed by atoms with van der Waals surface area (Å²) in [5.41, 5.74) is 3.31. The van der Waals surface area contributed by atoms with E-state index in [-0.39, 0.29) is 11.9 Å². The number of hydrogen-bond acceptors (Lipinski definition) is 2. The molecule has 2 rings (SSSR count). The van der Waals surface area contributed by atoms with Crippen LogP contribution in [0, 0.1) is 12.7 Å². The fourth-order valence-corrected chi connectivity index (χ4v) is 2.67. The van der Waals surface area contributed by atoms with Crippen molar-refractivity contribution in [3.05, 3.63) is 63.6 Å². The van der Waals surface area contributed by atoms with Crippen molar-refractivity contribution in [2.24, 2.45) is 0 Å². The summed E-state index contributed by atoms with van der Waals surface area (Å²) >= 11 is 3.24. The van der Waals surface area contributed by atoms with Gasteiger partial charge in [0, 0.05) is 17.9 Å². The highest BCUT2D eigenvalue weighted by atomic mass is 79.9. The zero-order valence-electron chi connectivity index (χ0n) is 11.7. The van der Waals surface area contributed by atoms with Gasteiger partial charge in [0.1, 0.15) is 5.82 Å². The average Bonchev–Trinajstić information content (AvgIpc) is 2.42. The van der Waals surface area contributed by atoms with Gasteiger partial charge in [-0.2, -0.15) is 0 Å². The molecule has 0 spiro atoms. The Hall–Kier alpha value is -1.26. The molecule has 1 atom stereocenters. The molecular formula is C16H18BrFN2. The van der Waals surface area contributed by atoms with E-state index in [2.05, 4.69) is 39.2 Å². The molecule has 0 aliphatic rings. The fourth-order valence-electron chi connectivity index (χ4n) is 2.24. The molecule has 0 saturated heterocycles. The van der Waals surface area contributed by atoms with Crippen LogP contribution in [0.15, 0.2) is 41.0 Å². The molecule has 0 bridgehead atoms. The van der Waals surface area contributed by atoms with E-state index in [1.54, 1.807) is 0 Å². The van der Waals surface area contributed by atoms with Gasteiger partial charge in [-0.3, -0.25) is 4.98 Å². The standard InChI is InChI=1S/C16H18BrFN2/c1-3-19-16(13-6-7-20-11(2)8-13)10-12-4-5-15(18)14(17)9-12/h4-9,16,19H,3,10H2,1-2H3. The number of hydrogen-bond donors (Lipinski definition) is 1. The molecule has 0 saturated carbocycles. The Labute approximate surface area is 127 Å². The van der Waals surface area contributed by atoms with E-state index >= 15 is 0 Å². The first-order chi connectivity index (χ1) is 9.60. The first-order valence-electron chi connectivity index (χ1n) is 6.70. The molecule has 2 aromatic rings. The normalized spacial score (nSPS) is 12.4. The zero-order valence-corrected chi connectivity index (χ0v) is 13.2. The van der Waals surface area contributed by atoms with Crippen molar-refractivity contribution >= 4 is 15.9 Å². The third-order valence-corrected chi connectivity index (χ3v) is 3.81. The quantitative estimate of drug-likeness (QED) is 0.885. The lowest BCUT2D eigenvalue weighted by molar-refractivity contribution is 0.547. The van der Waals surface area contributed by atoms with Crippen molar-refractivity contribution in [1.82, 2.24) is 10.3 Å². The molecule has 1 aromatic heterocycles. The molecule has 20 heavy (non-hydrogen) atoms. The molecule has 2 nitrogen and oxygen atoms in total. The number of aryl methyl sites for hydroxylation is 1. The van der Waals surface area contributed by atoms with Crippen molar-refractivity contribution in [2.75, 3.05) is 6.54 Å². The van der Waals surface area contributed by atoms with E-state index in [1.807, 2.05) is 31.3 Å². The maximum Gasteiger partial charge on any atom is 0.137 e. The SMILES string of the molecule is CCNC(Cc1ccc(F)c(Br)c1)c1ccnc(C)c1. The Morgan fingerprint density at radius 1 is 1.30 bits per heavy atom. The van der Waals surface area contributed by atoms with Crippen molar-refractivity contribution in [2.45, 2.75) is 26.3 Å². The van der Waals surface area contributed by atoms with E-state index in [1.165, 1.54) is 11.6 Å². The van der Waals surface area contributed by atoms with Crippen LogP contribution in [0.25, 0.3) is 0 Å². The minimum Gasteiger partial charge on any atom is -0.310 e. The minimum atomic E-state index is -0.228. The molecule has 0 fully saturated rings. The van der Waals surface area contributed by atoms with Crippen LogP contribution in [-0.2, 0) is 6.42 Å². The summed E-state index contributed by atoms with van der Waals surface area (Å²) < 4.78 is 13.8. The van der Waals surface area contributed by atoms with Gasteiger partial charge in [-0.25, -0.2) is 4.39 Å². The molecule has 1 unspecified atom stereocenters. The first kappa shape index (κ1) is 15.1. The number of rotatable bonds is 5. The summed E-state index contributed by atoms with van der Waals surface area (Å²) in [5, 5.41) is 3.47. The van der Waals surface area contributed by atoms with E-state index in [9.17, 15) is 4.39 Å². The second-order valence-corrected chi connectivity index (χ2v) is 5.65. The minimum absolute atomic E-state index is 0.207. The van der Waals surface area contributed by atoms with Gasteiger partial charge in [-0.15, -0.1) is 0 Å². The smallest absolute Gasteiger partial charge is 0.137 e. The fraction of sp³-hybridized carbons (Fsp3) is 0.312. The molecule has 0 aliphatic carbocycles. The molecule has 1 aromatic carbocycles. The number of pyridine rings is 1. The monoisotopic (exact) mass is 336 g/mol. The summed E-state index contributed by atoms with van der Waals surface area (Å²) in [4.78, 5) is 4.23. The van der Waals surface area contributed by atoms with Gasteiger partial charge >= 0.3 is 0 Å². The summed E-state index contributed by atoms with van der Waals surface area (Å²) in [6.45, 7) is 4.96. The summed E-state index contributed by atoms with van der Waals surface area (Å²) in [6, 6.07) is 9.50. The second-order valence-electron chi connectivity index (χ2n) is 4.79. The maximum atomic E-state index is 13.3. The second kappa shape index (κ2) is 6.95. The average molecular weight is 337 g/mol. The summed E-state index contributed by atoms with van der Waals surface area (Å²) in [6.07, 6.45) is 2.64. The molecule has 1 heterocycles. The van der Waals surface area contributed by atoms with Crippen LogP contribution in [0.1, 0.15) is 29.8 Å². The van der Waals surface area contributed by atoms with Crippen LogP contribution >= 0.6 is 15.9 Å². The summed E-state index contributed by atoms with van der Waals surface area (Å²) in [7, 11) is 0. The summed E-state index contributed by atoms with van der Waals surface area (Å²) in [5.74, 6) is -0.228. The van der Waals surface area contributed by atoms with Crippen molar-refractivity contribution in [1.29, 1.82) is 0 Å². The number of nitrogens with one attached hydrogen (secondary N) is 1. The Bertz CT molecular complexity index is 586. The van der Waals surface area contributed by atoms with Gasteiger partial charge in [-0.05, 0) is 71.2 Å². The highest BCUT2D eigenvalue weighted by molar-refractivity contribution is 9.10. The van der Waals surface area contributed by atoms with E-state index in [0.29, 0.717) is 4.47 Å². The van der Waals surface area contributed by atoms with E-state index < -0.39 is 0 Å². The lowest BCUT2D eigenvalue weighted by atomic mass is 9.99. The Morgan fingerprint density at radius 2 is 2.10 bits per heavy atom. The van der Waals surface area contributed by atoms with Crippen molar-refractivity contribution < 1.29 is 4.39 Å². The lowest BCUT2D eigenvalue weighted by Crippen LogP contribution is -2.23. The molecule has 0 radical (unpaired) electrons. The highest BCUT2D eigenvalue weighted by Gasteiger charge is 2.12. The van der Waals surface area contributed by atoms with Gasteiger partial charge in [-0.1, -0.05) is 13.0 Å². The van der Waals surface area contributed by atoms with Crippen LogP contribution in [0.3, 0.4) is 0 Å². The Morgan fingerprint density at radius 3 is 2.75 bits per heavy atom. The predicted molar refractivity (Wildman–Crippen MR) is 83.2 cm³/mol. The highest BCUT2D eigenvalue weighted by Crippen LogP contribution is 2.22. The lowest BCUT2D eigenvalue weighted by Gasteiger charge is -2.19. The third kappa shape index (κ3) is 3.87. The molecule has 1 N–H and O–H groups in total. The van der Waals surface area contributed by atoms with Crippen LogP contribution in [0.2, 0.25) is 0 Å². The van der Waals surface area contributed by atoms with Crippen LogP contribution in [0.4, 0.5) is 4.39 Å². The zero-order chi connectivity index (χ0) is 14.5. The number of benzene rings is 1. The first-order valence-corrected chi connectivity index (χ1v) is 7.49. The molecule has 0 amide bonds. The van der Waals surface area contributed by atoms with Gasteiger partial charge in [0.15, 0.2) is 0 Å². The third-order valence-electron chi connectivity index (χ3n) is 3.20. The Balaban J connectivity index is 2.22. The van der Waals surface area contributed by atoms with Gasteiger partial charge in [0.25, 0.3) is 0 Å². The number of nitrogens with zero attached hydrogens (tertiary/aromatic N) is 1. The number of aromatic nitrogens is 1. The Kier molecular flexibility index (Phi) is 5.26. The van der Waals surface area contributed by atoms with Crippen molar-refractivity contribution in [3.8, 4) is 0 Å². The van der Waals surface area contributed by atoms with E-state index in [4.69, 9.17) is 0 Å². The number of halogens is 2. The predicted octanol–water partition coefficient (Wildman–Crippen LogP) is 4.18. The van der Waals surface area contributed by atoms with Crippen molar-refractivity contribution in [3.63, 3.8) is 0 Å². The molecule has 4 heteroatoms. The molecule has 0 aliphatic heterocycles. The largest absolute Gasteiger partial charge is 0.310 e. The van der Waals surface area contributed by atoms with Gasteiger partial charge < -0.3 is 5.32 Å². The van der Waals surface area contributed by atoms with Crippen LogP contribution in [-0.4, -0.2) is 11.5 Å². The topological polar surface area (TPSA) is 24.9 Å². The van der Waals surface area contributed by atoms with Gasteiger partial charge in [0.05, 0.1) is 4.47 Å². The van der Waals surface area contributed by atoms with E-state index in [0.717, 1.165) is 24.2 Å². The maximum absolute atomic E-state index is 13.3. The van der Waals surface area contributed by atoms with Gasteiger partial charge in [0.2, 0.25) is 0 Å². The number of likely N-dealkylation sites (N-methyl/N-ethyl adjacent to an activating group) is 1. The molecular weight excluding hydrogens is 319 g/mol. The van der Waals surface area contributed by atoms with Crippen LogP contribution in [0.5, 0.6) is 0 Å². The molecule has 106 valence electrons.